The Labute approximate surface area is 141 Å². The molecule has 0 saturated carbocycles. The molecular formula is C17H24N2O5. The molecule has 0 fully saturated rings. The Morgan fingerprint density at radius 2 is 1.88 bits per heavy atom. The monoisotopic (exact) mass is 336 g/mol. The molecule has 2 N–H and O–H groups in total. The average Bonchev–Trinajstić information content (AvgIpc) is 2.50. The zero-order chi connectivity index (χ0) is 18.2. The number of esters is 1. The summed E-state index contributed by atoms with van der Waals surface area (Å²) in [5, 5.41) is 13.9. The molecule has 1 rings (SSSR count). The number of amides is 1. The lowest BCUT2D eigenvalue weighted by Gasteiger charge is -2.19. The molecule has 1 unspecified atom stereocenters. The van der Waals surface area contributed by atoms with Crippen molar-refractivity contribution in [3.8, 4) is 0 Å². The molecule has 0 aromatic heterocycles. The van der Waals surface area contributed by atoms with Gasteiger partial charge in [0.25, 0.3) is 0 Å². The second kappa shape index (κ2) is 9.02. The molecule has 0 bridgehead atoms. The third-order valence-corrected chi connectivity index (χ3v) is 2.73. The van der Waals surface area contributed by atoms with Gasteiger partial charge in [-0.05, 0) is 33.3 Å². The van der Waals surface area contributed by atoms with Gasteiger partial charge in [-0.3, -0.25) is 0 Å². The number of hydrazone groups is 1. The highest BCUT2D eigenvalue weighted by Crippen LogP contribution is 2.09. The van der Waals surface area contributed by atoms with E-state index in [1.54, 1.807) is 52.0 Å². The fourth-order valence-corrected chi connectivity index (χ4v) is 1.78. The summed E-state index contributed by atoms with van der Waals surface area (Å²) in [7, 11) is 0. The number of aliphatic hydroxyl groups is 1. The number of nitrogens with one attached hydrogen (secondary N) is 1. The van der Waals surface area contributed by atoms with E-state index in [4.69, 9.17) is 9.47 Å². The molecule has 1 atom stereocenters. The van der Waals surface area contributed by atoms with Crippen LogP contribution in [-0.4, -0.2) is 41.2 Å². The van der Waals surface area contributed by atoms with E-state index < -0.39 is 23.8 Å². The quantitative estimate of drug-likeness (QED) is 0.472. The number of nitrogens with zero attached hydrogens (tertiary/aromatic N) is 1. The van der Waals surface area contributed by atoms with Crippen LogP contribution in [0, 0.1) is 0 Å². The van der Waals surface area contributed by atoms with Crippen LogP contribution in [-0.2, 0) is 14.3 Å². The summed E-state index contributed by atoms with van der Waals surface area (Å²) in [4.78, 5) is 23.3. The fourth-order valence-electron chi connectivity index (χ4n) is 1.78. The smallest absolute Gasteiger partial charge is 0.428 e. The number of rotatable bonds is 6. The highest BCUT2D eigenvalue weighted by molar-refractivity contribution is 6.02. The topological polar surface area (TPSA) is 97.2 Å². The SMILES string of the molecule is CCOC(=O)C(O)CC(=NNC(=O)OC(C)(C)C)c1ccccc1. The van der Waals surface area contributed by atoms with Crippen LogP contribution < -0.4 is 5.43 Å². The first-order valence-electron chi connectivity index (χ1n) is 7.68. The first-order valence-corrected chi connectivity index (χ1v) is 7.68. The Bertz CT molecular complexity index is 578. The molecule has 0 aliphatic rings. The van der Waals surface area contributed by atoms with Gasteiger partial charge >= 0.3 is 12.1 Å². The number of hydrogen-bond donors (Lipinski definition) is 2. The van der Waals surface area contributed by atoms with Crippen molar-refractivity contribution in [1.82, 2.24) is 5.43 Å². The molecule has 1 amide bonds. The maximum Gasteiger partial charge on any atom is 0.428 e. The molecule has 0 aliphatic heterocycles. The van der Waals surface area contributed by atoms with Gasteiger partial charge in [0.1, 0.15) is 5.60 Å². The highest BCUT2D eigenvalue weighted by atomic mass is 16.6. The second-order valence-electron chi connectivity index (χ2n) is 6.01. The van der Waals surface area contributed by atoms with Crippen LogP contribution in [0.15, 0.2) is 35.4 Å². The standard InChI is InChI=1S/C17H24N2O5/c1-5-23-15(21)14(20)11-13(12-9-7-6-8-10-12)18-19-16(22)24-17(2,3)4/h6-10,14,20H,5,11H2,1-4H3,(H,19,22). The Morgan fingerprint density at radius 3 is 2.42 bits per heavy atom. The molecule has 1 aromatic carbocycles. The lowest BCUT2D eigenvalue weighted by atomic mass is 10.0. The zero-order valence-electron chi connectivity index (χ0n) is 14.4. The predicted molar refractivity (Wildman–Crippen MR) is 89.6 cm³/mol. The first kappa shape index (κ1) is 19.6. The average molecular weight is 336 g/mol. The Morgan fingerprint density at radius 1 is 1.25 bits per heavy atom. The predicted octanol–water partition coefficient (Wildman–Crippen LogP) is 2.23. The largest absolute Gasteiger partial charge is 0.464 e. The van der Waals surface area contributed by atoms with Crippen molar-refractivity contribution in [3.63, 3.8) is 0 Å². The van der Waals surface area contributed by atoms with Gasteiger partial charge in [-0.2, -0.15) is 5.10 Å². The van der Waals surface area contributed by atoms with Gasteiger partial charge in [-0.25, -0.2) is 15.0 Å². The molecule has 7 heteroatoms. The summed E-state index contributed by atoms with van der Waals surface area (Å²) in [5.41, 5.74) is 2.62. The van der Waals surface area contributed by atoms with Crippen LogP contribution in [0.4, 0.5) is 4.79 Å². The maximum atomic E-state index is 11.7. The van der Waals surface area contributed by atoms with Crippen molar-refractivity contribution >= 4 is 17.8 Å². The minimum atomic E-state index is -1.37. The van der Waals surface area contributed by atoms with Gasteiger partial charge in [0.15, 0.2) is 6.10 Å². The maximum absolute atomic E-state index is 11.7. The van der Waals surface area contributed by atoms with Gasteiger partial charge in [0.2, 0.25) is 0 Å². The Hall–Kier alpha value is -2.41. The summed E-state index contributed by atoms with van der Waals surface area (Å²) in [5.74, 6) is -0.738. The van der Waals surface area contributed by atoms with Crippen molar-refractivity contribution < 1.29 is 24.2 Å². The van der Waals surface area contributed by atoms with Crippen molar-refractivity contribution in [2.24, 2.45) is 5.10 Å². The minimum absolute atomic E-state index is 0.0986. The fraction of sp³-hybridized carbons (Fsp3) is 0.471. The molecule has 0 radical (unpaired) electrons. The van der Waals surface area contributed by atoms with Crippen LogP contribution in [0.2, 0.25) is 0 Å². The van der Waals surface area contributed by atoms with Crippen molar-refractivity contribution in [3.05, 3.63) is 35.9 Å². The van der Waals surface area contributed by atoms with E-state index in [1.165, 1.54) is 0 Å². The van der Waals surface area contributed by atoms with Crippen molar-refractivity contribution in [1.29, 1.82) is 0 Å². The van der Waals surface area contributed by atoms with Crippen LogP contribution in [0.3, 0.4) is 0 Å². The third-order valence-electron chi connectivity index (χ3n) is 2.73. The molecule has 0 aliphatic carbocycles. The molecule has 1 aromatic rings. The highest BCUT2D eigenvalue weighted by Gasteiger charge is 2.21. The summed E-state index contributed by atoms with van der Waals surface area (Å²) in [6.45, 7) is 7.03. The van der Waals surface area contributed by atoms with Gasteiger partial charge in [0.05, 0.1) is 12.3 Å². The minimum Gasteiger partial charge on any atom is -0.464 e. The van der Waals surface area contributed by atoms with Crippen LogP contribution in [0.1, 0.15) is 39.7 Å². The number of carbonyl (C=O) groups excluding carboxylic acids is 2. The van der Waals surface area contributed by atoms with Gasteiger partial charge in [-0.1, -0.05) is 30.3 Å². The number of benzene rings is 1. The van der Waals surface area contributed by atoms with E-state index >= 15 is 0 Å². The van der Waals surface area contributed by atoms with E-state index in [2.05, 4.69) is 10.5 Å². The second-order valence-corrected chi connectivity index (χ2v) is 6.01. The van der Waals surface area contributed by atoms with Crippen molar-refractivity contribution in [2.45, 2.75) is 45.8 Å². The van der Waals surface area contributed by atoms with E-state index in [9.17, 15) is 14.7 Å². The molecule has 24 heavy (non-hydrogen) atoms. The van der Waals surface area contributed by atoms with E-state index in [0.29, 0.717) is 11.3 Å². The Kier molecular flexibility index (Phi) is 7.38. The number of aliphatic hydroxyl groups excluding tert-OH is 1. The lowest BCUT2D eigenvalue weighted by Crippen LogP contribution is -2.31. The molecule has 7 nitrogen and oxygen atoms in total. The third kappa shape index (κ3) is 7.23. The molecular weight excluding hydrogens is 312 g/mol. The van der Waals surface area contributed by atoms with Gasteiger partial charge in [-0.15, -0.1) is 0 Å². The van der Waals surface area contributed by atoms with Crippen molar-refractivity contribution in [2.75, 3.05) is 6.61 Å². The normalized spacial score (nSPS) is 13.1. The lowest BCUT2D eigenvalue weighted by molar-refractivity contribution is -0.152. The van der Waals surface area contributed by atoms with E-state index in [1.807, 2.05) is 6.07 Å². The first-order chi connectivity index (χ1) is 11.2. The number of ether oxygens (including phenoxy) is 2. The number of hydrogen-bond acceptors (Lipinski definition) is 6. The molecule has 0 saturated heterocycles. The summed E-state index contributed by atoms with van der Waals surface area (Å²) in [6, 6.07) is 8.91. The van der Waals surface area contributed by atoms with Crippen LogP contribution in [0.5, 0.6) is 0 Å². The molecule has 0 spiro atoms. The zero-order valence-corrected chi connectivity index (χ0v) is 14.4. The molecule has 132 valence electrons. The summed E-state index contributed by atoms with van der Waals surface area (Å²) < 4.78 is 9.88. The summed E-state index contributed by atoms with van der Waals surface area (Å²) >= 11 is 0. The summed E-state index contributed by atoms with van der Waals surface area (Å²) in [6.07, 6.45) is -2.19. The Balaban J connectivity index is 2.88. The molecule has 0 heterocycles. The van der Waals surface area contributed by atoms with Crippen LogP contribution in [0.25, 0.3) is 0 Å². The van der Waals surface area contributed by atoms with Gasteiger partial charge in [0, 0.05) is 6.42 Å². The number of carbonyl (C=O) groups is 2. The van der Waals surface area contributed by atoms with E-state index in [-0.39, 0.29) is 13.0 Å². The van der Waals surface area contributed by atoms with E-state index in [0.717, 1.165) is 0 Å². The van der Waals surface area contributed by atoms with Gasteiger partial charge < -0.3 is 14.6 Å². The van der Waals surface area contributed by atoms with Crippen LogP contribution >= 0.6 is 0 Å².